The minimum atomic E-state index is 0.865. The number of hydrogen-bond acceptors (Lipinski definition) is 3. The van der Waals surface area contributed by atoms with Gasteiger partial charge < -0.3 is 0 Å². The van der Waals surface area contributed by atoms with Gasteiger partial charge in [-0.05, 0) is 69.1 Å². The maximum atomic E-state index is 5.12. The molecule has 5 aromatic carbocycles. The average Bonchev–Trinajstić information content (AvgIpc) is 3.03. The molecule has 0 radical (unpaired) electrons. The second kappa shape index (κ2) is 9.11. The minimum absolute atomic E-state index is 0.865. The van der Waals surface area contributed by atoms with E-state index in [2.05, 4.69) is 114 Å². The van der Waals surface area contributed by atoms with E-state index in [1.807, 2.05) is 24.3 Å². The molecule has 0 bridgehead atoms. The third kappa shape index (κ3) is 3.79. The first-order valence-electron chi connectivity index (χ1n) is 13.4. The van der Waals surface area contributed by atoms with E-state index in [9.17, 15) is 0 Å². The van der Waals surface area contributed by atoms with E-state index in [-0.39, 0.29) is 0 Å². The molecule has 8 aromatic rings. The van der Waals surface area contributed by atoms with Crippen LogP contribution in [0.25, 0.3) is 77.1 Å². The number of hydrogen-bond donors (Lipinski definition) is 0. The lowest BCUT2D eigenvalue weighted by atomic mass is 9.93. The zero-order chi connectivity index (χ0) is 26.5. The highest BCUT2D eigenvalue weighted by Gasteiger charge is 2.10. The van der Waals surface area contributed by atoms with Crippen molar-refractivity contribution in [3.8, 4) is 33.8 Å². The Morgan fingerprint density at radius 3 is 1.90 bits per heavy atom. The average molecular weight is 510 g/mol. The van der Waals surface area contributed by atoms with Crippen molar-refractivity contribution in [1.82, 2.24) is 15.0 Å². The molecule has 3 heteroatoms. The largest absolute Gasteiger partial charge is 0.255 e. The van der Waals surface area contributed by atoms with Crippen LogP contribution in [-0.4, -0.2) is 15.0 Å². The molecule has 186 valence electrons. The summed E-state index contributed by atoms with van der Waals surface area (Å²) >= 11 is 0. The van der Waals surface area contributed by atoms with E-state index in [0.717, 1.165) is 44.5 Å². The van der Waals surface area contributed by atoms with Gasteiger partial charge in [-0.25, -0.2) is 9.97 Å². The number of pyridine rings is 3. The quantitative estimate of drug-likeness (QED) is 0.223. The lowest BCUT2D eigenvalue weighted by Gasteiger charge is -2.12. The predicted octanol–water partition coefficient (Wildman–Crippen LogP) is 9.49. The summed E-state index contributed by atoms with van der Waals surface area (Å²) in [6, 6.07) is 46.8. The van der Waals surface area contributed by atoms with E-state index in [1.54, 1.807) is 6.20 Å². The summed E-state index contributed by atoms with van der Waals surface area (Å²) in [5, 5.41) is 7.25. The van der Waals surface area contributed by atoms with Gasteiger partial charge in [-0.15, -0.1) is 0 Å². The van der Waals surface area contributed by atoms with Crippen LogP contribution in [0.2, 0.25) is 0 Å². The normalized spacial score (nSPS) is 11.5. The van der Waals surface area contributed by atoms with Gasteiger partial charge in [0.25, 0.3) is 0 Å². The molecule has 0 saturated carbocycles. The van der Waals surface area contributed by atoms with Gasteiger partial charge in [-0.3, -0.25) is 4.98 Å². The molecule has 0 fully saturated rings. The van der Waals surface area contributed by atoms with Crippen LogP contribution >= 0.6 is 0 Å². The van der Waals surface area contributed by atoms with Crippen molar-refractivity contribution in [2.75, 3.05) is 0 Å². The summed E-state index contributed by atoms with van der Waals surface area (Å²) in [7, 11) is 0. The molecule has 0 atom stereocenters. The molecular formula is C37H23N3. The Labute approximate surface area is 231 Å². The maximum absolute atomic E-state index is 5.12. The monoisotopic (exact) mass is 509 g/mol. The van der Waals surface area contributed by atoms with E-state index < -0.39 is 0 Å². The molecule has 0 aliphatic carbocycles. The Morgan fingerprint density at radius 2 is 1.05 bits per heavy atom. The molecule has 0 aliphatic heterocycles. The Balaban J connectivity index is 1.25. The van der Waals surface area contributed by atoms with E-state index in [1.165, 1.54) is 32.7 Å². The molecule has 40 heavy (non-hydrogen) atoms. The molecule has 0 N–H and O–H groups in total. The Morgan fingerprint density at radius 1 is 0.400 bits per heavy atom. The predicted molar refractivity (Wildman–Crippen MR) is 166 cm³/mol. The van der Waals surface area contributed by atoms with Crippen molar-refractivity contribution < 1.29 is 0 Å². The number of rotatable bonds is 3. The Bertz CT molecular complexity index is 2220. The van der Waals surface area contributed by atoms with Gasteiger partial charge in [0.15, 0.2) is 0 Å². The summed E-state index contributed by atoms with van der Waals surface area (Å²) in [5.41, 5.74) is 8.00. The third-order valence-electron chi connectivity index (χ3n) is 7.69. The molecule has 0 aliphatic rings. The van der Waals surface area contributed by atoms with Gasteiger partial charge in [-0.1, -0.05) is 97.1 Å². The van der Waals surface area contributed by atoms with Gasteiger partial charge in [0.2, 0.25) is 0 Å². The Kier molecular flexibility index (Phi) is 5.14. The van der Waals surface area contributed by atoms with E-state index in [4.69, 9.17) is 9.97 Å². The first-order chi connectivity index (χ1) is 19.8. The molecule has 0 unspecified atom stereocenters. The molecule has 8 rings (SSSR count). The number of fused-ring (bicyclic) bond motifs is 5. The van der Waals surface area contributed by atoms with Crippen LogP contribution < -0.4 is 0 Å². The highest BCUT2D eigenvalue weighted by Crippen LogP contribution is 2.36. The van der Waals surface area contributed by atoms with Gasteiger partial charge >= 0.3 is 0 Å². The van der Waals surface area contributed by atoms with E-state index >= 15 is 0 Å². The Hall–Kier alpha value is -5.41. The van der Waals surface area contributed by atoms with Crippen molar-refractivity contribution in [3.63, 3.8) is 0 Å². The van der Waals surface area contributed by atoms with Crippen LogP contribution in [0.4, 0.5) is 0 Å². The summed E-state index contributed by atoms with van der Waals surface area (Å²) < 4.78 is 0. The van der Waals surface area contributed by atoms with Crippen LogP contribution in [-0.2, 0) is 0 Å². The van der Waals surface area contributed by atoms with Crippen LogP contribution in [0, 0.1) is 0 Å². The van der Waals surface area contributed by atoms with Crippen molar-refractivity contribution in [1.29, 1.82) is 0 Å². The van der Waals surface area contributed by atoms with Crippen molar-refractivity contribution in [2.45, 2.75) is 0 Å². The standard InChI is InChI=1S/C37H23N3/c1-2-8-30-24(6-1)11-14-27-7-5-9-31(37(27)30)28-15-12-25-17-19-32(39-35(25)22-28)29-16-13-26-18-20-34(40-36(26)23-29)33-10-3-4-21-38-33/h1-23H. The molecule has 3 heterocycles. The SMILES string of the molecule is c1ccc(-c2ccc3ccc(-c4ccc5ccc(-c6cccc7ccc8ccccc8c67)cc5n4)cc3n2)nc1. The van der Waals surface area contributed by atoms with Gasteiger partial charge in [0.05, 0.1) is 28.1 Å². The number of aromatic nitrogens is 3. The molecule has 0 amide bonds. The van der Waals surface area contributed by atoms with Crippen LogP contribution in [0.5, 0.6) is 0 Å². The summed E-state index contributed by atoms with van der Waals surface area (Å²) in [6.45, 7) is 0. The zero-order valence-corrected chi connectivity index (χ0v) is 21.6. The lowest BCUT2D eigenvalue weighted by Crippen LogP contribution is -1.90. The smallest absolute Gasteiger partial charge is 0.0893 e. The molecule has 0 saturated heterocycles. The fourth-order valence-electron chi connectivity index (χ4n) is 5.68. The zero-order valence-electron chi connectivity index (χ0n) is 21.6. The number of nitrogens with zero attached hydrogens (tertiary/aromatic N) is 3. The summed E-state index contributed by atoms with van der Waals surface area (Å²) in [4.78, 5) is 14.5. The van der Waals surface area contributed by atoms with Gasteiger partial charge in [-0.2, -0.15) is 0 Å². The number of benzene rings is 5. The van der Waals surface area contributed by atoms with Crippen molar-refractivity contribution in [2.24, 2.45) is 0 Å². The van der Waals surface area contributed by atoms with Gasteiger partial charge in [0.1, 0.15) is 0 Å². The van der Waals surface area contributed by atoms with Crippen molar-refractivity contribution in [3.05, 3.63) is 140 Å². The molecule has 3 nitrogen and oxygen atoms in total. The second-order valence-electron chi connectivity index (χ2n) is 10.1. The molecular weight excluding hydrogens is 486 g/mol. The van der Waals surface area contributed by atoms with E-state index in [0.29, 0.717) is 0 Å². The summed E-state index contributed by atoms with van der Waals surface area (Å²) in [6.07, 6.45) is 1.80. The molecule has 0 spiro atoms. The second-order valence-corrected chi connectivity index (χ2v) is 10.1. The summed E-state index contributed by atoms with van der Waals surface area (Å²) in [5.74, 6) is 0. The minimum Gasteiger partial charge on any atom is -0.255 e. The first kappa shape index (κ1) is 22.6. The topological polar surface area (TPSA) is 38.7 Å². The lowest BCUT2D eigenvalue weighted by molar-refractivity contribution is 1.28. The fourth-order valence-corrected chi connectivity index (χ4v) is 5.68. The van der Waals surface area contributed by atoms with Crippen molar-refractivity contribution >= 4 is 43.4 Å². The first-order valence-corrected chi connectivity index (χ1v) is 13.4. The van der Waals surface area contributed by atoms with Gasteiger partial charge in [0, 0.05) is 22.5 Å². The third-order valence-corrected chi connectivity index (χ3v) is 7.69. The molecule has 3 aromatic heterocycles. The highest BCUT2D eigenvalue weighted by molar-refractivity contribution is 6.14. The van der Waals surface area contributed by atoms with Crippen LogP contribution in [0.1, 0.15) is 0 Å². The highest BCUT2D eigenvalue weighted by atomic mass is 14.8. The maximum Gasteiger partial charge on any atom is 0.0893 e. The fraction of sp³-hybridized carbons (Fsp3) is 0. The van der Waals surface area contributed by atoms with Crippen LogP contribution in [0.3, 0.4) is 0 Å². The van der Waals surface area contributed by atoms with Crippen LogP contribution in [0.15, 0.2) is 140 Å².